The average Bonchev–Trinajstić information content (AvgIpc) is 3.30. The smallest absolute Gasteiger partial charge is 0.311 e. The Balaban J connectivity index is 1.53. The number of fused-ring (bicyclic) bond motifs is 3. The number of esters is 1. The van der Waals surface area contributed by atoms with Gasteiger partial charge in [0.2, 0.25) is 5.91 Å². The van der Waals surface area contributed by atoms with Gasteiger partial charge in [0.25, 0.3) is 5.91 Å². The summed E-state index contributed by atoms with van der Waals surface area (Å²) >= 11 is 2.65. The first-order valence-electron chi connectivity index (χ1n) is 8.56. The second-order valence-corrected chi connectivity index (χ2v) is 8.34. The molecule has 0 bridgehead atoms. The van der Waals surface area contributed by atoms with Crippen LogP contribution in [0.1, 0.15) is 25.5 Å². The summed E-state index contributed by atoms with van der Waals surface area (Å²) in [6.07, 6.45) is 0.842. The van der Waals surface area contributed by atoms with Crippen LogP contribution >= 0.6 is 23.1 Å². The molecule has 27 heavy (non-hydrogen) atoms. The van der Waals surface area contributed by atoms with Crippen LogP contribution in [0.3, 0.4) is 0 Å². The molecule has 0 radical (unpaired) electrons. The lowest BCUT2D eigenvalue weighted by molar-refractivity contribution is -0.142. The van der Waals surface area contributed by atoms with E-state index in [0.717, 1.165) is 10.6 Å². The van der Waals surface area contributed by atoms with Gasteiger partial charge in [0, 0.05) is 16.7 Å². The number of nitrogens with one attached hydrogen (secondary N) is 1. The third kappa shape index (κ3) is 3.10. The Kier molecular flexibility index (Phi) is 4.65. The van der Waals surface area contributed by atoms with Gasteiger partial charge in [-0.1, -0.05) is 23.9 Å². The first kappa shape index (κ1) is 18.0. The second-order valence-electron chi connectivity index (χ2n) is 6.16. The van der Waals surface area contributed by atoms with Gasteiger partial charge in [-0.05, 0) is 25.5 Å². The average molecular weight is 403 g/mol. The Labute approximate surface area is 164 Å². The molecule has 2 amide bonds. The molecule has 0 aliphatic carbocycles. The van der Waals surface area contributed by atoms with Crippen LogP contribution in [0.2, 0.25) is 0 Å². The van der Waals surface area contributed by atoms with Crippen LogP contribution in [0.4, 0.5) is 10.8 Å². The van der Waals surface area contributed by atoms with Crippen molar-refractivity contribution in [1.82, 2.24) is 4.98 Å². The number of aromatic nitrogens is 1. The van der Waals surface area contributed by atoms with Crippen molar-refractivity contribution in [2.75, 3.05) is 16.8 Å². The number of thioether (sulfide) groups is 1. The van der Waals surface area contributed by atoms with Crippen molar-refractivity contribution in [3.05, 3.63) is 35.3 Å². The highest BCUT2D eigenvalue weighted by Gasteiger charge is 2.57. The van der Waals surface area contributed by atoms with Gasteiger partial charge >= 0.3 is 5.97 Å². The number of carbonyl (C=O) groups excluding carboxylic acids is 3. The molecule has 4 rings (SSSR count). The third-order valence-electron chi connectivity index (χ3n) is 4.43. The van der Waals surface area contributed by atoms with Crippen molar-refractivity contribution in [3.63, 3.8) is 0 Å². The number of anilines is 2. The minimum Gasteiger partial charge on any atom is -0.466 e. The van der Waals surface area contributed by atoms with Crippen molar-refractivity contribution in [3.8, 4) is 0 Å². The number of thiazole rings is 1. The Morgan fingerprint density at radius 1 is 1.37 bits per heavy atom. The molecule has 1 fully saturated rings. The number of hydrogen-bond donors (Lipinski definition) is 1. The van der Waals surface area contributed by atoms with Gasteiger partial charge in [-0.2, -0.15) is 0 Å². The summed E-state index contributed by atoms with van der Waals surface area (Å²) in [4.78, 5) is 43.0. The molecular formula is C18H17N3O4S2. The number of para-hydroxylation sites is 1. The SMILES string of the molecule is CCOC(=O)Cc1csc(NC(=O)C23CCC(=O)N2c2ccccc2S3)n1. The van der Waals surface area contributed by atoms with Crippen molar-refractivity contribution in [1.29, 1.82) is 0 Å². The van der Waals surface area contributed by atoms with Crippen LogP contribution in [-0.4, -0.2) is 34.2 Å². The fourth-order valence-corrected chi connectivity index (χ4v) is 5.42. The molecule has 1 saturated heterocycles. The van der Waals surface area contributed by atoms with Crippen molar-refractivity contribution in [2.45, 2.75) is 36.0 Å². The van der Waals surface area contributed by atoms with E-state index in [2.05, 4.69) is 10.3 Å². The molecule has 2 aliphatic rings. The summed E-state index contributed by atoms with van der Waals surface area (Å²) in [5.41, 5.74) is 1.33. The number of ether oxygens (including phenoxy) is 1. The van der Waals surface area contributed by atoms with Gasteiger partial charge in [0.1, 0.15) is 0 Å². The molecule has 3 heterocycles. The van der Waals surface area contributed by atoms with Crippen LogP contribution in [0, 0.1) is 0 Å². The van der Waals surface area contributed by atoms with E-state index in [1.54, 1.807) is 17.2 Å². The molecule has 1 atom stereocenters. The normalized spacial score (nSPS) is 20.3. The van der Waals surface area contributed by atoms with Crippen molar-refractivity contribution in [2.24, 2.45) is 0 Å². The second kappa shape index (κ2) is 6.97. The van der Waals surface area contributed by atoms with E-state index < -0.39 is 4.87 Å². The zero-order valence-electron chi connectivity index (χ0n) is 14.6. The predicted octanol–water partition coefficient (Wildman–Crippen LogP) is 2.82. The number of carbonyl (C=O) groups is 3. The van der Waals surface area contributed by atoms with E-state index in [9.17, 15) is 14.4 Å². The summed E-state index contributed by atoms with van der Waals surface area (Å²) in [6.45, 7) is 2.06. The van der Waals surface area contributed by atoms with Gasteiger partial charge in [0.15, 0.2) is 10.0 Å². The van der Waals surface area contributed by atoms with Gasteiger partial charge < -0.3 is 4.74 Å². The first-order chi connectivity index (χ1) is 13.0. The molecule has 0 spiro atoms. The minimum absolute atomic E-state index is 0.0512. The Hall–Kier alpha value is -2.39. The minimum atomic E-state index is -0.978. The molecule has 7 nitrogen and oxygen atoms in total. The zero-order valence-corrected chi connectivity index (χ0v) is 16.2. The van der Waals surface area contributed by atoms with Gasteiger partial charge in [0.05, 0.1) is 24.4 Å². The molecule has 2 aromatic rings. The Morgan fingerprint density at radius 2 is 2.19 bits per heavy atom. The molecule has 1 unspecified atom stereocenters. The Morgan fingerprint density at radius 3 is 3.00 bits per heavy atom. The molecule has 1 aromatic heterocycles. The number of nitrogens with zero attached hydrogens (tertiary/aromatic N) is 2. The quantitative estimate of drug-likeness (QED) is 0.773. The van der Waals surface area contributed by atoms with Crippen molar-refractivity contribution < 1.29 is 19.1 Å². The maximum absolute atomic E-state index is 13.1. The van der Waals surface area contributed by atoms with E-state index in [-0.39, 0.29) is 24.2 Å². The summed E-state index contributed by atoms with van der Waals surface area (Å²) in [5.74, 6) is -0.676. The van der Waals surface area contributed by atoms with Gasteiger partial charge in [-0.3, -0.25) is 24.6 Å². The summed E-state index contributed by atoms with van der Waals surface area (Å²) in [7, 11) is 0. The van der Waals surface area contributed by atoms with Gasteiger partial charge in [-0.15, -0.1) is 11.3 Å². The fourth-order valence-electron chi connectivity index (χ4n) is 3.30. The summed E-state index contributed by atoms with van der Waals surface area (Å²) < 4.78 is 4.91. The first-order valence-corrected chi connectivity index (χ1v) is 10.3. The van der Waals surface area contributed by atoms with E-state index >= 15 is 0 Å². The highest BCUT2D eigenvalue weighted by molar-refractivity contribution is 8.02. The molecular weight excluding hydrogens is 386 g/mol. The summed E-state index contributed by atoms with van der Waals surface area (Å²) in [6, 6.07) is 7.54. The van der Waals surface area contributed by atoms with E-state index in [0.29, 0.717) is 30.3 Å². The highest BCUT2D eigenvalue weighted by atomic mass is 32.2. The number of benzene rings is 1. The van der Waals surface area contributed by atoms with E-state index in [4.69, 9.17) is 4.74 Å². The lowest BCUT2D eigenvalue weighted by atomic mass is 10.2. The van der Waals surface area contributed by atoms with Crippen LogP contribution in [-0.2, 0) is 25.5 Å². The maximum Gasteiger partial charge on any atom is 0.311 e. The van der Waals surface area contributed by atoms with E-state index in [1.807, 2.05) is 24.3 Å². The van der Waals surface area contributed by atoms with Crippen LogP contribution in [0.15, 0.2) is 34.5 Å². The summed E-state index contributed by atoms with van der Waals surface area (Å²) in [5, 5.41) is 4.96. The largest absolute Gasteiger partial charge is 0.466 e. The highest BCUT2D eigenvalue weighted by Crippen LogP contribution is 2.56. The number of hydrogen-bond acceptors (Lipinski definition) is 7. The number of amides is 2. The molecule has 2 aliphatic heterocycles. The molecule has 1 N–H and O–H groups in total. The zero-order chi connectivity index (χ0) is 19.0. The molecule has 1 aromatic carbocycles. The monoisotopic (exact) mass is 403 g/mol. The van der Waals surface area contributed by atoms with Crippen LogP contribution in [0.25, 0.3) is 0 Å². The maximum atomic E-state index is 13.1. The molecule has 0 saturated carbocycles. The lowest BCUT2D eigenvalue weighted by Gasteiger charge is -2.29. The number of rotatable bonds is 5. The topological polar surface area (TPSA) is 88.6 Å². The van der Waals surface area contributed by atoms with Crippen molar-refractivity contribution >= 4 is 51.7 Å². The van der Waals surface area contributed by atoms with Gasteiger partial charge in [-0.25, -0.2) is 4.98 Å². The van der Waals surface area contributed by atoms with Crippen LogP contribution < -0.4 is 10.2 Å². The lowest BCUT2D eigenvalue weighted by Crippen LogP contribution is -2.49. The predicted molar refractivity (Wildman–Crippen MR) is 103 cm³/mol. The van der Waals surface area contributed by atoms with Crippen LogP contribution in [0.5, 0.6) is 0 Å². The standard InChI is InChI=1S/C18H17N3O4S2/c1-2-25-15(23)9-11-10-26-17(19-11)20-16(24)18-8-7-14(22)21(18)12-5-3-4-6-13(12)27-18/h3-6,10H,2,7-9H2,1H3,(H,19,20,24). The Bertz CT molecular complexity index is 929. The third-order valence-corrected chi connectivity index (χ3v) is 6.71. The fraction of sp³-hybridized carbons (Fsp3) is 0.333. The van der Waals surface area contributed by atoms with E-state index in [1.165, 1.54) is 23.1 Å². The molecule has 140 valence electrons. The molecule has 9 heteroatoms.